The highest BCUT2D eigenvalue weighted by Gasteiger charge is 2.25. The lowest BCUT2D eigenvalue weighted by molar-refractivity contribution is 0.208. The Labute approximate surface area is 105 Å². The molecule has 100 valence electrons. The maximum atomic E-state index is 8.39. The Balaban J connectivity index is 2.00. The maximum absolute atomic E-state index is 8.39. The molecular formula is C13H27N3O. The zero-order chi connectivity index (χ0) is 12.6. The van der Waals surface area contributed by atoms with Crippen LogP contribution in [0.25, 0.3) is 0 Å². The van der Waals surface area contributed by atoms with Crippen LogP contribution in [0.3, 0.4) is 0 Å². The molecule has 0 aromatic heterocycles. The van der Waals surface area contributed by atoms with Gasteiger partial charge in [-0.05, 0) is 37.6 Å². The molecule has 1 saturated carbocycles. The van der Waals surface area contributed by atoms with Crippen LogP contribution >= 0.6 is 0 Å². The van der Waals surface area contributed by atoms with Crippen molar-refractivity contribution in [3.05, 3.63) is 0 Å². The van der Waals surface area contributed by atoms with Gasteiger partial charge >= 0.3 is 0 Å². The third kappa shape index (κ3) is 5.91. The van der Waals surface area contributed by atoms with E-state index >= 15 is 0 Å². The number of nitrogens with one attached hydrogen (secondary N) is 1. The molecule has 0 unspecified atom stereocenters. The minimum absolute atomic E-state index is 0.337. The molecular weight excluding hydrogens is 214 g/mol. The lowest BCUT2D eigenvalue weighted by Gasteiger charge is -2.33. The van der Waals surface area contributed by atoms with Gasteiger partial charge in [0.2, 0.25) is 0 Å². The van der Waals surface area contributed by atoms with Crippen molar-refractivity contribution in [2.24, 2.45) is 16.3 Å². The lowest BCUT2D eigenvalue weighted by atomic mass is 9.76. The number of hydrogen-bond acceptors (Lipinski definition) is 3. The Morgan fingerprint density at radius 3 is 2.65 bits per heavy atom. The third-order valence-electron chi connectivity index (χ3n) is 3.78. The van der Waals surface area contributed by atoms with Gasteiger partial charge in [-0.3, -0.25) is 0 Å². The minimum atomic E-state index is 0.337. The van der Waals surface area contributed by atoms with E-state index in [4.69, 9.17) is 10.9 Å². The van der Waals surface area contributed by atoms with Crippen molar-refractivity contribution in [1.29, 1.82) is 0 Å². The summed E-state index contributed by atoms with van der Waals surface area (Å²) in [6.45, 7) is 4.57. The number of nitrogens with zero attached hydrogens (tertiary/aromatic N) is 1. The second kappa shape index (κ2) is 7.54. The van der Waals surface area contributed by atoms with E-state index in [9.17, 15) is 0 Å². The summed E-state index contributed by atoms with van der Waals surface area (Å²) in [6.07, 6.45) is 9.69. The highest BCUT2D eigenvalue weighted by molar-refractivity contribution is 5.79. The standard InChI is InChI=1S/C13H27N3O/c1-13(8-4-2-5-9-13)11-15-10-6-3-7-12(14)16-17/h15,17H,2-11H2,1H3,(H2,14,16). The monoisotopic (exact) mass is 241 g/mol. The van der Waals surface area contributed by atoms with Crippen molar-refractivity contribution in [3.63, 3.8) is 0 Å². The molecule has 1 fully saturated rings. The first-order valence-electron chi connectivity index (χ1n) is 6.83. The van der Waals surface area contributed by atoms with E-state index in [1.807, 2.05) is 0 Å². The highest BCUT2D eigenvalue weighted by atomic mass is 16.4. The van der Waals surface area contributed by atoms with Crippen LogP contribution in [0, 0.1) is 5.41 Å². The fraction of sp³-hybridized carbons (Fsp3) is 0.923. The van der Waals surface area contributed by atoms with E-state index in [1.54, 1.807) is 0 Å². The Bertz CT molecular complexity index is 235. The summed E-state index contributed by atoms with van der Waals surface area (Å²) >= 11 is 0. The van der Waals surface area contributed by atoms with E-state index in [-0.39, 0.29) is 0 Å². The van der Waals surface area contributed by atoms with Gasteiger partial charge in [-0.2, -0.15) is 0 Å². The first kappa shape index (κ1) is 14.3. The third-order valence-corrected chi connectivity index (χ3v) is 3.78. The first-order chi connectivity index (χ1) is 8.16. The Hall–Kier alpha value is -0.770. The van der Waals surface area contributed by atoms with Gasteiger partial charge in [0.05, 0.1) is 0 Å². The molecule has 0 radical (unpaired) electrons. The minimum Gasteiger partial charge on any atom is -0.409 e. The van der Waals surface area contributed by atoms with Gasteiger partial charge in [0.1, 0.15) is 5.84 Å². The second-order valence-electron chi connectivity index (χ2n) is 5.60. The summed E-state index contributed by atoms with van der Waals surface area (Å²) in [5.41, 5.74) is 5.92. The van der Waals surface area contributed by atoms with E-state index < -0.39 is 0 Å². The molecule has 0 saturated heterocycles. The lowest BCUT2D eigenvalue weighted by Crippen LogP contribution is -2.34. The van der Waals surface area contributed by atoms with Crippen molar-refractivity contribution in [2.45, 2.75) is 58.3 Å². The molecule has 0 bridgehead atoms. The average Bonchev–Trinajstić information content (AvgIpc) is 2.34. The quantitative estimate of drug-likeness (QED) is 0.211. The number of unbranched alkanes of at least 4 members (excludes halogenated alkanes) is 1. The second-order valence-corrected chi connectivity index (χ2v) is 5.60. The van der Waals surface area contributed by atoms with E-state index in [2.05, 4.69) is 17.4 Å². The van der Waals surface area contributed by atoms with Gasteiger partial charge < -0.3 is 16.3 Å². The average molecular weight is 241 g/mol. The number of hydrogen-bond donors (Lipinski definition) is 3. The molecule has 0 atom stereocenters. The zero-order valence-corrected chi connectivity index (χ0v) is 11.0. The van der Waals surface area contributed by atoms with E-state index in [0.717, 1.165) is 25.9 Å². The van der Waals surface area contributed by atoms with Gasteiger partial charge in [0, 0.05) is 13.0 Å². The van der Waals surface area contributed by atoms with Crippen LogP contribution in [-0.2, 0) is 0 Å². The van der Waals surface area contributed by atoms with Gasteiger partial charge in [-0.15, -0.1) is 0 Å². The molecule has 0 aliphatic heterocycles. The molecule has 1 aliphatic carbocycles. The largest absolute Gasteiger partial charge is 0.409 e. The van der Waals surface area contributed by atoms with Crippen molar-refractivity contribution in [3.8, 4) is 0 Å². The zero-order valence-electron chi connectivity index (χ0n) is 11.0. The summed E-state index contributed by atoms with van der Waals surface area (Å²) in [6, 6.07) is 0. The molecule has 17 heavy (non-hydrogen) atoms. The van der Waals surface area contributed by atoms with Gasteiger partial charge in [-0.1, -0.05) is 31.3 Å². The van der Waals surface area contributed by atoms with Crippen molar-refractivity contribution in [1.82, 2.24) is 5.32 Å². The van der Waals surface area contributed by atoms with Crippen LogP contribution in [0.15, 0.2) is 5.16 Å². The molecule has 0 aromatic rings. The number of rotatable bonds is 7. The first-order valence-corrected chi connectivity index (χ1v) is 6.83. The number of oxime groups is 1. The Morgan fingerprint density at radius 2 is 2.00 bits per heavy atom. The van der Waals surface area contributed by atoms with Crippen LogP contribution in [0.1, 0.15) is 58.3 Å². The van der Waals surface area contributed by atoms with Crippen LogP contribution in [0.2, 0.25) is 0 Å². The SMILES string of the molecule is CC1(CNCCCCC(N)=NO)CCCCC1. The summed E-state index contributed by atoms with van der Waals surface area (Å²) in [7, 11) is 0. The molecule has 4 nitrogen and oxygen atoms in total. The highest BCUT2D eigenvalue weighted by Crippen LogP contribution is 2.34. The predicted octanol–water partition coefficient (Wildman–Crippen LogP) is 2.46. The van der Waals surface area contributed by atoms with Crippen molar-refractivity contribution in [2.75, 3.05) is 13.1 Å². The van der Waals surface area contributed by atoms with E-state index in [1.165, 1.54) is 32.1 Å². The Kier molecular flexibility index (Phi) is 6.34. The van der Waals surface area contributed by atoms with Gasteiger partial charge in [0.15, 0.2) is 0 Å². The summed E-state index contributed by atoms with van der Waals surface area (Å²) in [5, 5.41) is 14.9. The molecule has 0 amide bonds. The fourth-order valence-corrected chi connectivity index (χ4v) is 2.58. The smallest absolute Gasteiger partial charge is 0.139 e. The molecule has 1 aliphatic rings. The van der Waals surface area contributed by atoms with Crippen molar-refractivity contribution < 1.29 is 5.21 Å². The van der Waals surface area contributed by atoms with Gasteiger partial charge in [0.25, 0.3) is 0 Å². The van der Waals surface area contributed by atoms with Crippen LogP contribution in [-0.4, -0.2) is 24.1 Å². The van der Waals surface area contributed by atoms with E-state index in [0.29, 0.717) is 17.7 Å². The van der Waals surface area contributed by atoms with Crippen LogP contribution < -0.4 is 11.1 Å². The predicted molar refractivity (Wildman–Crippen MR) is 71.3 cm³/mol. The molecule has 0 spiro atoms. The summed E-state index contributed by atoms with van der Waals surface area (Å²) in [4.78, 5) is 0. The molecule has 4 heteroatoms. The molecule has 4 N–H and O–H groups in total. The maximum Gasteiger partial charge on any atom is 0.139 e. The summed E-state index contributed by atoms with van der Waals surface area (Å²) in [5.74, 6) is 0.337. The van der Waals surface area contributed by atoms with Crippen molar-refractivity contribution >= 4 is 5.84 Å². The normalized spacial score (nSPS) is 20.4. The fourth-order valence-electron chi connectivity index (χ4n) is 2.58. The number of nitrogens with two attached hydrogens (primary N) is 1. The number of amidine groups is 1. The summed E-state index contributed by atoms with van der Waals surface area (Å²) < 4.78 is 0. The van der Waals surface area contributed by atoms with Crippen LogP contribution in [0.4, 0.5) is 0 Å². The Morgan fingerprint density at radius 1 is 1.29 bits per heavy atom. The molecule has 0 aromatic carbocycles. The topological polar surface area (TPSA) is 70.6 Å². The van der Waals surface area contributed by atoms with Gasteiger partial charge in [-0.25, -0.2) is 0 Å². The molecule has 1 rings (SSSR count). The molecule has 0 heterocycles. The van der Waals surface area contributed by atoms with Crippen LogP contribution in [0.5, 0.6) is 0 Å².